The van der Waals surface area contributed by atoms with E-state index in [1.807, 2.05) is 0 Å². The largest absolute Gasteiger partial charge is 0.384 e. The highest BCUT2D eigenvalue weighted by molar-refractivity contribution is 6.31. The van der Waals surface area contributed by atoms with E-state index in [-0.39, 0.29) is 12.5 Å². The summed E-state index contributed by atoms with van der Waals surface area (Å²) in [4.78, 5) is 14.6. The number of nitrogens with one attached hydrogen (secondary N) is 2. The summed E-state index contributed by atoms with van der Waals surface area (Å²) in [5, 5.41) is 11.8. The number of carbonyl (C=O) groups excluding carboxylic acids is 1. The summed E-state index contributed by atoms with van der Waals surface area (Å²) >= 11 is 5.74. The third-order valence-electron chi connectivity index (χ3n) is 2.32. The van der Waals surface area contributed by atoms with Crippen molar-refractivity contribution in [2.24, 2.45) is 0 Å². The molecular formula is C14H11ClN2O2. The van der Waals surface area contributed by atoms with Gasteiger partial charge in [-0.15, -0.1) is 0 Å². The minimum atomic E-state index is -0.279. The number of benzene rings is 1. The normalized spacial score (nSPS) is 9.58. The second-order valence-electron chi connectivity index (χ2n) is 3.73. The summed E-state index contributed by atoms with van der Waals surface area (Å²) < 4.78 is 0. The Morgan fingerprint density at radius 3 is 2.95 bits per heavy atom. The van der Waals surface area contributed by atoms with Crippen LogP contribution in [0.2, 0.25) is 5.02 Å². The summed E-state index contributed by atoms with van der Waals surface area (Å²) in [5.41, 5.74) is 1.73. The van der Waals surface area contributed by atoms with E-state index in [2.05, 4.69) is 22.1 Å². The predicted octanol–water partition coefficient (Wildman–Crippen LogP) is 2.26. The Morgan fingerprint density at radius 2 is 2.26 bits per heavy atom. The molecule has 0 unspecified atom stereocenters. The second-order valence-corrected chi connectivity index (χ2v) is 4.16. The number of aliphatic hydroxyl groups excluding tert-OH is 1. The van der Waals surface area contributed by atoms with Gasteiger partial charge in [-0.25, -0.2) is 0 Å². The number of carbonyl (C=O) groups is 1. The highest BCUT2D eigenvalue weighted by atomic mass is 35.5. The van der Waals surface area contributed by atoms with Gasteiger partial charge in [0.25, 0.3) is 5.91 Å². The molecule has 5 heteroatoms. The summed E-state index contributed by atoms with van der Waals surface area (Å²) in [6.07, 6.45) is 1.54. The topological polar surface area (TPSA) is 65.1 Å². The molecule has 2 aromatic rings. The number of hydrogen-bond donors (Lipinski definition) is 3. The van der Waals surface area contributed by atoms with Crippen LogP contribution in [0.1, 0.15) is 16.1 Å². The summed E-state index contributed by atoms with van der Waals surface area (Å²) in [7, 11) is 0. The number of aromatic nitrogens is 1. The maximum absolute atomic E-state index is 11.9. The molecule has 0 radical (unpaired) electrons. The Balaban J connectivity index is 2.13. The van der Waals surface area contributed by atoms with Crippen molar-refractivity contribution >= 4 is 23.2 Å². The van der Waals surface area contributed by atoms with E-state index in [0.717, 1.165) is 5.56 Å². The van der Waals surface area contributed by atoms with E-state index in [9.17, 15) is 4.79 Å². The molecule has 0 saturated heterocycles. The number of H-pyrrole nitrogens is 1. The molecule has 0 fully saturated rings. The van der Waals surface area contributed by atoms with E-state index in [0.29, 0.717) is 16.4 Å². The standard InChI is InChI=1S/C14H11ClN2O2/c15-11-8-13(16-9-11)14(19)17-12-5-1-3-10(7-12)4-2-6-18/h1,3,5,7-9,16,18H,6H2,(H,17,19). The number of rotatable bonds is 2. The van der Waals surface area contributed by atoms with Gasteiger partial charge < -0.3 is 15.4 Å². The first-order valence-corrected chi connectivity index (χ1v) is 5.92. The van der Waals surface area contributed by atoms with Crippen molar-refractivity contribution in [1.29, 1.82) is 0 Å². The lowest BCUT2D eigenvalue weighted by atomic mass is 10.2. The lowest BCUT2D eigenvalue weighted by Gasteiger charge is -2.03. The van der Waals surface area contributed by atoms with Crippen molar-refractivity contribution < 1.29 is 9.90 Å². The van der Waals surface area contributed by atoms with E-state index >= 15 is 0 Å². The third kappa shape index (κ3) is 3.62. The van der Waals surface area contributed by atoms with Crippen LogP contribution in [0.15, 0.2) is 36.5 Å². The van der Waals surface area contributed by atoms with Gasteiger partial charge in [0.15, 0.2) is 0 Å². The van der Waals surface area contributed by atoms with E-state index < -0.39 is 0 Å². The number of halogens is 1. The van der Waals surface area contributed by atoms with Crippen LogP contribution in [0.5, 0.6) is 0 Å². The number of amides is 1. The van der Waals surface area contributed by atoms with Crippen molar-refractivity contribution in [2.75, 3.05) is 11.9 Å². The smallest absolute Gasteiger partial charge is 0.272 e. The highest BCUT2D eigenvalue weighted by Gasteiger charge is 2.08. The van der Waals surface area contributed by atoms with Gasteiger partial charge in [-0.05, 0) is 24.3 Å². The lowest BCUT2D eigenvalue weighted by Crippen LogP contribution is -2.12. The number of aromatic amines is 1. The number of hydrogen-bond acceptors (Lipinski definition) is 2. The molecule has 4 nitrogen and oxygen atoms in total. The van der Waals surface area contributed by atoms with E-state index in [1.165, 1.54) is 0 Å². The quantitative estimate of drug-likeness (QED) is 0.736. The second kappa shape index (κ2) is 6.10. The molecule has 96 valence electrons. The SMILES string of the molecule is O=C(Nc1cccc(C#CCO)c1)c1cc(Cl)c[nH]1. The number of aliphatic hydroxyl groups is 1. The fourth-order valence-electron chi connectivity index (χ4n) is 1.51. The first-order valence-electron chi connectivity index (χ1n) is 5.54. The van der Waals surface area contributed by atoms with Crippen molar-refractivity contribution in [1.82, 2.24) is 4.98 Å². The first-order chi connectivity index (χ1) is 9.19. The van der Waals surface area contributed by atoms with Gasteiger partial charge in [0.1, 0.15) is 12.3 Å². The van der Waals surface area contributed by atoms with Gasteiger partial charge in [-0.2, -0.15) is 0 Å². The molecule has 0 saturated carbocycles. The average Bonchev–Trinajstić information content (AvgIpc) is 2.83. The molecule has 1 heterocycles. The first kappa shape index (κ1) is 13.2. The predicted molar refractivity (Wildman–Crippen MR) is 74.2 cm³/mol. The van der Waals surface area contributed by atoms with Crippen LogP contribution in [-0.4, -0.2) is 22.6 Å². The molecule has 19 heavy (non-hydrogen) atoms. The molecule has 1 amide bonds. The molecule has 1 aromatic heterocycles. The molecule has 0 atom stereocenters. The zero-order valence-corrected chi connectivity index (χ0v) is 10.7. The van der Waals surface area contributed by atoms with Gasteiger partial charge >= 0.3 is 0 Å². The minimum Gasteiger partial charge on any atom is -0.384 e. The number of anilines is 1. The summed E-state index contributed by atoms with van der Waals surface area (Å²) in [6, 6.07) is 8.60. The zero-order chi connectivity index (χ0) is 13.7. The van der Waals surface area contributed by atoms with Gasteiger partial charge in [0.05, 0.1) is 5.02 Å². The molecule has 0 spiro atoms. The Morgan fingerprint density at radius 1 is 1.42 bits per heavy atom. The monoisotopic (exact) mass is 274 g/mol. The van der Waals surface area contributed by atoms with Gasteiger partial charge in [-0.3, -0.25) is 4.79 Å². The molecule has 0 aliphatic rings. The van der Waals surface area contributed by atoms with Gasteiger partial charge in [-0.1, -0.05) is 29.5 Å². The molecule has 2 rings (SSSR count). The Bertz CT molecular complexity index is 653. The van der Waals surface area contributed by atoms with E-state index in [4.69, 9.17) is 16.7 Å². The van der Waals surface area contributed by atoms with Crippen molar-refractivity contribution in [2.45, 2.75) is 0 Å². The lowest BCUT2D eigenvalue weighted by molar-refractivity contribution is 0.102. The molecule has 0 bridgehead atoms. The van der Waals surface area contributed by atoms with Crippen molar-refractivity contribution in [3.05, 3.63) is 52.8 Å². The van der Waals surface area contributed by atoms with Crippen LogP contribution in [0.3, 0.4) is 0 Å². The Labute approximate surface area is 115 Å². The van der Waals surface area contributed by atoms with Crippen LogP contribution in [-0.2, 0) is 0 Å². The fourth-order valence-corrected chi connectivity index (χ4v) is 1.68. The van der Waals surface area contributed by atoms with Gasteiger partial charge in [0.2, 0.25) is 0 Å². The molecule has 0 aliphatic heterocycles. The Hall–Kier alpha value is -2.22. The maximum Gasteiger partial charge on any atom is 0.272 e. The summed E-state index contributed by atoms with van der Waals surface area (Å²) in [5.74, 6) is 5.04. The zero-order valence-electron chi connectivity index (χ0n) is 9.90. The van der Waals surface area contributed by atoms with Gasteiger partial charge in [0, 0.05) is 17.4 Å². The van der Waals surface area contributed by atoms with E-state index in [1.54, 1.807) is 36.5 Å². The van der Waals surface area contributed by atoms with Crippen LogP contribution >= 0.6 is 11.6 Å². The Kier molecular flexibility index (Phi) is 4.24. The summed E-state index contributed by atoms with van der Waals surface area (Å²) in [6.45, 7) is -0.197. The average molecular weight is 275 g/mol. The van der Waals surface area contributed by atoms with Crippen LogP contribution in [0.25, 0.3) is 0 Å². The molecule has 1 aromatic carbocycles. The fraction of sp³-hybridized carbons (Fsp3) is 0.0714. The van der Waals surface area contributed by atoms with Crippen molar-refractivity contribution in [3.63, 3.8) is 0 Å². The maximum atomic E-state index is 11.9. The minimum absolute atomic E-state index is 0.197. The van der Waals surface area contributed by atoms with Crippen LogP contribution in [0.4, 0.5) is 5.69 Å². The third-order valence-corrected chi connectivity index (χ3v) is 2.54. The molecule has 3 N–H and O–H groups in total. The van der Waals surface area contributed by atoms with Crippen LogP contribution in [0, 0.1) is 11.8 Å². The highest BCUT2D eigenvalue weighted by Crippen LogP contribution is 2.13. The molecular weight excluding hydrogens is 264 g/mol. The van der Waals surface area contributed by atoms with Crippen LogP contribution < -0.4 is 5.32 Å². The molecule has 0 aliphatic carbocycles. The van der Waals surface area contributed by atoms with Crippen molar-refractivity contribution in [3.8, 4) is 11.8 Å².